The number of hydrazone groups is 1. The molecule has 0 atom stereocenters. The predicted octanol–water partition coefficient (Wildman–Crippen LogP) is 0.820. The average molecular weight is 318 g/mol. The van der Waals surface area contributed by atoms with E-state index in [4.69, 9.17) is 0 Å². The number of fused-ring (bicyclic) bond motifs is 3. The maximum Gasteiger partial charge on any atom is 0.332 e. The smallest absolute Gasteiger partial charge is 0.297 e. The fraction of sp³-hybridized carbons (Fsp3) is 0.600. The van der Waals surface area contributed by atoms with Crippen LogP contribution in [-0.4, -0.2) is 30.9 Å². The van der Waals surface area contributed by atoms with Crippen molar-refractivity contribution in [2.75, 3.05) is 11.6 Å². The monoisotopic (exact) mass is 318 g/mol. The normalized spacial score (nSPS) is 14.3. The number of aromatic nitrogens is 4. The minimum Gasteiger partial charge on any atom is -0.297 e. The second-order valence-corrected chi connectivity index (χ2v) is 6.04. The van der Waals surface area contributed by atoms with Gasteiger partial charge in [-0.2, -0.15) is 10.1 Å². The van der Waals surface area contributed by atoms with Crippen LogP contribution in [0.25, 0.3) is 11.2 Å². The number of hydrogen-bond acceptors (Lipinski definition) is 5. The zero-order valence-corrected chi connectivity index (χ0v) is 14.0. The first kappa shape index (κ1) is 15.5. The molecule has 1 aliphatic rings. The van der Waals surface area contributed by atoms with Gasteiger partial charge in [0.2, 0.25) is 5.95 Å². The summed E-state index contributed by atoms with van der Waals surface area (Å²) in [4.78, 5) is 29.2. The van der Waals surface area contributed by atoms with E-state index in [1.54, 1.807) is 7.05 Å². The molecule has 8 nitrogen and oxygen atoms in total. The molecule has 2 aromatic rings. The van der Waals surface area contributed by atoms with Crippen molar-refractivity contribution in [2.24, 2.45) is 19.2 Å². The molecular weight excluding hydrogens is 296 g/mol. The SMILES string of the molecule is CCCCCN1N=C(C)Cn2c1nc1c2c(=O)n(C)c(=O)n1C. The minimum atomic E-state index is -0.367. The summed E-state index contributed by atoms with van der Waals surface area (Å²) >= 11 is 0. The Morgan fingerprint density at radius 1 is 1.13 bits per heavy atom. The Balaban J connectivity index is 2.20. The molecule has 0 amide bonds. The lowest BCUT2D eigenvalue weighted by atomic mass is 10.2. The predicted molar refractivity (Wildman–Crippen MR) is 90.2 cm³/mol. The molecule has 124 valence electrons. The lowest BCUT2D eigenvalue weighted by Gasteiger charge is -2.24. The van der Waals surface area contributed by atoms with Crippen LogP contribution in [0.2, 0.25) is 0 Å². The van der Waals surface area contributed by atoms with E-state index in [9.17, 15) is 9.59 Å². The van der Waals surface area contributed by atoms with Crippen molar-refractivity contribution in [3.63, 3.8) is 0 Å². The Hall–Kier alpha value is -2.38. The third kappa shape index (κ3) is 2.38. The lowest BCUT2D eigenvalue weighted by Crippen LogP contribution is -2.38. The second kappa shape index (κ2) is 5.68. The van der Waals surface area contributed by atoms with Crippen LogP contribution in [0.15, 0.2) is 14.7 Å². The molecule has 0 unspecified atom stereocenters. The number of anilines is 1. The van der Waals surface area contributed by atoms with Crippen LogP contribution in [0.5, 0.6) is 0 Å². The molecule has 1 aliphatic heterocycles. The van der Waals surface area contributed by atoms with Gasteiger partial charge in [0.05, 0.1) is 12.3 Å². The fourth-order valence-corrected chi connectivity index (χ4v) is 2.95. The molecule has 0 aromatic carbocycles. The van der Waals surface area contributed by atoms with Gasteiger partial charge in [-0.3, -0.25) is 18.5 Å². The van der Waals surface area contributed by atoms with Crippen molar-refractivity contribution in [2.45, 2.75) is 39.7 Å². The fourth-order valence-electron chi connectivity index (χ4n) is 2.95. The molecule has 0 bridgehead atoms. The molecule has 23 heavy (non-hydrogen) atoms. The van der Waals surface area contributed by atoms with Crippen LogP contribution in [-0.2, 0) is 20.6 Å². The Bertz CT molecular complexity index is 901. The van der Waals surface area contributed by atoms with Crippen molar-refractivity contribution >= 4 is 22.8 Å². The Labute approximate surface area is 133 Å². The summed E-state index contributed by atoms with van der Waals surface area (Å²) in [5, 5.41) is 6.41. The van der Waals surface area contributed by atoms with Gasteiger partial charge in [-0.15, -0.1) is 0 Å². The first-order valence-corrected chi connectivity index (χ1v) is 7.93. The highest BCUT2D eigenvalue weighted by atomic mass is 16.2. The topological polar surface area (TPSA) is 77.4 Å². The van der Waals surface area contributed by atoms with E-state index in [2.05, 4.69) is 17.0 Å². The van der Waals surface area contributed by atoms with Gasteiger partial charge in [0.15, 0.2) is 11.2 Å². The summed E-state index contributed by atoms with van der Waals surface area (Å²) in [6.07, 6.45) is 3.25. The first-order chi connectivity index (χ1) is 11.0. The Morgan fingerprint density at radius 3 is 2.57 bits per heavy atom. The third-order valence-corrected chi connectivity index (χ3v) is 4.21. The number of rotatable bonds is 4. The van der Waals surface area contributed by atoms with Crippen LogP contribution >= 0.6 is 0 Å². The van der Waals surface area contributed by atoms with Crippen LogP contribution in [0.3, 0.4) is 0 Å². The molecule has 0 saturated heterocycles. The maximum atomic E-state index is 12.5. The quantitative estimate of drug-likeness (QED) is 0.782. The van der Waals surface area contributed by atoms with Gasteiger partial charge in [0.1, 0.15) is 0 Å². The Kier molecular flexibility index (Phi) is 3.83. The summed E-state index contributed by atoms with van der Waals surface area (Å²) in [6, 6.07) is 0. The van der Waals surface area contributed by atoms with Crippen molar-refractivity contribution in [1.29, 1.82) is 0 Å². The van der Waals surface area contributed by atoms with Gasteiger partial charge < -0.3 is 0 Å². The molecule has 0 radical (unpaired) electrons. The van der Waals surface area contributed by atoms with Gasteiger partial charge in [0, 0.05) is 20.6 Å². The molecule has 8 heteroatoms. The minimum absolute atomic E-state index is 0.315. The van der Waals surface area contributed by atoms with E-state index < -0.39 is 0 Å². The number of hydrogen-bond donors (Lipinski definition) is 0. The van der Waals surface area contributed by atoms with Crippen molar-refractivity contribution in [3.05, 3.63) is 20.8 Å². The van der Waals surface area contributed by atoms with Crippen LogP contribution in [0, 0.1) is 0 Å². The summed E-state index contributed by atoms with van der Waals surface area (Å²) < 4.78 is 4.41. The van der Waals surface area contributed by atoms with Crippen molar-refractivity contribution < 1.29 is 0 Å². The van der Waals surface area contributed by atoms with Gasteiger partial charge in [0.25, 0.3) is 5.56 Å². The van der Waals surface area contributed by atoms with E-state index in [0.29, 0.717) is 23.7 Å². The molecule has 3 rings (SSSR count). The van der Waals surface area contributed by atoms with Gasteiger partial charge in [-0.05, 0) is 13.3 Å². The summed E-state index contributed by atoms with van der Waals surface area (Å²) in [6.45, 7) is 5.36. The molecule has 0 saturated carbocycles. The molecular formula is C15H22N6O2. The highest BCUT2D eigenvalue weighted by Gasteiger charge is 2.25. The number of unbranched alkanes of at least 4 members (excludes halogenated alkanes) is 2. The lowest BCUT2D eigenvalue weighted by molar-refractivity contribution is 0.651. The van der Waals surface area contributed by atoms with Gasteiger partial charge in [-0.1, -0.05) is 19.8 Å². The molecule has 0 N–H and O–H groups in total. The molecule has 2 aromatic heterocycles. The highest BCUT2D eigenvalue weighted by molar-refractivity contribution is 5.87. The van der Waals surface area contributed by atoms with E-state index in [0.717, 1.165) is 36.1 Å². The highest BCUT2D eigenvalue weighted by Crippen LogP contribution is 2.23. The van der Waals surface area contributed by atoms with Gasteiger partial charge in [-0.25, -0.2) is 9.80 Å². The number of imidazole rings is 1. The van der Waals surface area contributed by atoms with Crippen LogP contribution < -0.4 is 16.3 Å². The van der Waals surface area contributed by atoms with E-state index in [-0.39, 0.29) is 11.2 Å². The largest absolute Gasteiger partial charge is 0.332 e. The molecule has 0 aliphatic carbocycles. The average Bonchev–Trinajstić information content (AvgIpc) is 2.90. The van der Waals surface area contributed by atoms with E-state index >= 15 is 0 Å². The number of aryl methyl sites for hydroxylation is 1. The van der Waals surface area contributed by atoms with Gasteiger partial charge >= 0.3 is 5.69 Å². The number of nitrogens with zero attached hydrogens (tertiary/aromatic N) is 6. The van der Waals surface area contributed by atoms with Crippen LogP contribution in [0.4, 0.5) is 5.95 Å². The van der Waals surface area contributed by atoms with E-state index in [1.807, 2.05) is 16.5 Å². The first-order valence-electron chi connectivity index (χ1n) is 7.93. The van der Waals surface area contributed by atoms with Crippen LogP contribution in [0.1, 0.15) is 33.1 Å². The standard InChI is InChI=1S/C15H22N6O2/c1-5-6-7-8-21-14-16-12-11(20(14)9-10(2)17-21)13(22)19(4)15(23)18(12)3/h5-9H2,1-4H3. The summed E-state index contributed by atoms with van der Waals surface area (Å²) in [5.74, 6) is 0.639. The zero-order valence-electron chi connectivity index (χ0n) is 14.0. The molecule has 0 fully saturated rings. The molecule has 3 heterocycles. The third-order valence-electron chi connectivity index (χ3n) is 4.21. The Morgan fingerprint density at radius 2 is 1.87 bits per heavy atom. The van der Waals surface area contributed by atoms with Crippen molar-refractivity contribution in [3.8, 4) is 0 Å². The summed E-state index contributed by atoms with van der Waals surface area (Å²) in [5.41, 5.74) is 1.11. The second-order valence-electron chi connectivity index (χ2n) is 6.04. The van der Waals surface area contributed by atoms with Crippen molar-refractivity contribution in [1.82, 2.24) is 18.7 Å². The zero-order chi connectivity index (χ0) is 16.7. The summed E-state index contributed by atoms with van der Waals surface area (Å²) in [7, 11) is 3.13. The molecule has 0 spiro atoms. The van der Waals surface area contributed by atoms with E-state index in [1.165, 1.54) is 11.6 Å². The maximum absolute atomic E-state index is 12.5.